The van der Waals surface area contributed by atoms with Crippen molar-refractivity contribution in [3.05, 3.63) is 54.2 Å². The minimum Gasteiger partial charge on any atom is -0.488 e. The first-order chi connectivity index (χ1) is 28.0. The van der Waals surface area contributed by atoms with Crippen molar-refractivity contribution < 1.29 is 42.2 Å². The number of rotatable bonds is 10. The molecule has 4 N–H and O–H groups in total. The largest absolute Gasteiger partial charge is 0.488 e. The van der Waals surface area contributed by atoms with Gasteiger partial charge in [0.05, 0.1) is 23.1 Å². The van der Waals surface area contributed by atoms with Gasteiger partial charge in [-0.15, -0.1) is 11.3 Å². The first-order valence-corrected chi connectivity index (χ1v) is 22.4. The van der Waals surface area contributed by atoms with Gasteiger partial charge in [-0.25, -0.2) is 28.2 Å². The van der Waals surface area contributed by atoms with Gasteiger partial charge < -0.3 is 30.1 Å². The number of carbonyl (C=O) groups is 4. The van der Waals surface area contributed by atoms with E-state index in [2.05, 4.69) is 25.3 Å². The predicted octanol–water partition coefficient (Wildman–Crippen LogP) is 4.92. The molecule has 4 aliphatic rings. The third-order valence-electron chi connectivity index (χ3n) is 11.7. The fraction of sp³-hybridized carbons (Fsp3) is 0.537. The van der Waals surface area contributed by atoms with Crippen LogP contribution in [0.4, 0.5) is 4.79 Å². The van der Waals surface area contributed by atoms with Crippen LogP contribution in [0.5, 0.6) is 11.6 Å². The zero-order valence-electron chi connectivity index (χ0n) is 33.7. The lowest BCUT2D eigenvalue weighted by Crippen LogP contribution is -2.59. The van der Waals surface area contributed by atoms with Gasteiger partial charge >= 0.3 is 6.09 Å². The smallest absolute Gasteiger partial charge is 0.405 e. The molecule has 59 heavy (non-hydrogen) atoms. The quantitative estimate of drug-likeness (QED) is 0.200. The zero-order valence-corrected chi connectivity index (χ0v) is 35.3. The van der Waals surface area contributed by atoms with E-state index in [9.17, 15) is 32.7 Å². The number of nitrogens with zero attached hydrogens (tertiary/aromatic N) is 4. The number of sulfonamides is 1. The topological polar surface area (TPSA) is 219 Å². The number of thiazole rings is 1. The maximum absolute atomic E-state index is 14.6. The summed E-state index contributed by atoms with van der Waals surface area (Å²) in [7, 11) is -4.02. The lowest BCUT2D eigenvalue weighted by molar-refractivity contribution is -0.142. The molecule has 0 unspecified atom stereocenters. The number of pyridine rings is 2. The Balaban J connectivity index is 1.22. The number of aromatic nitrogens is 3. The number of nitrogens with one attached hydrogen (secondary N) is 3. The number of hydrogen-bond donors (Lipinski definition) is 4. The number of hydrogen-bond acceptors (Lipinski definition) is 12. The molecular formula is C41H51N7O9S2. The summed E-state index contributed by atoms with van der Waals surface area (Å²) in [5.41, 5.74) is 0.172. The van der Waals surface area contributed by atoms with Crippen LogP contribution in [0.15, 0.2) is 54.2 Å². The van der Waals surface area contributed by atoms with E-state index in [1.165, 1.54) is 16.2 Å². The van der Waals surface area contributed by atoms with Crippen molar-refractivity contribution in [2.75, 3.05) is 6.54 Å². The van der Waals surface area contributed by atoms with Crippen LogP contribution in [0.2, 0.25) is 0 Å². The van der Waals surface area contributed by atoms with E-state index in [0.29, 0.717) is 59.3 Å². The van der Waals surface area contributed by atoms with Crippen molar-refractivity contribution in [1.29, 1.82) is 0 Å². The predicted molar refractivity (Wildman–Crippen MR) is 219 cm³/mol. The summed E-state index contributed by atoms with van der Waals surface area (Å²) in [5, 5.41) is 17.6. The van der Waals surface area contributed by atoms with E-state index < -0.39 is 74.1 Å². The van der Waals surface area contributed by atoms with E-state index in [4.69, 9.17) is 14.5 Å². The Morgan fingerprint density at radius 2 is 1.86 bits per heavy atom. The molecule has 0 spiro atoms. The molecule has 3 aromatic heterocycles. The number of carboxylic acid groups (broad SMARTS) is 1. The second-order valence-electron chi connectivity index (χ2n) is 16.9. The van der Waals surface area contributed by atoms with Gasteiger partial charge in [-0.3, -0.25) is 19.1 Å². The highest BCUT2D eigenvalue weighted by atomic mass is 32.2. The summed E-state index contributed by atoms with van der Waals surface area (Å²) < 4.78 is 39.9. The Bertz CT molecular complexity index is 2210. The SMILES string of the molecule is CC(C)Oc1ccc(-c2cc(O[C@@H]3C[C@H]4C(=O)N[C@]5(C(=O)NS(=O)(=O)C6(C)CC6)C[C@H]5/C=C\CC[C@@H](C)C[C@@H](C)[C@H](NC(=O)O)C(=O)N4C3)cc(-c3nccs3)n2)cn1. The average Bonchev–Trinajstić information content (AvgIpc) is 3.92. The fourth-order valence-electron chi connectivity index (χ4n) is 7.95. The van der Waals surface area contributed by atoms with E-state index in [1.807, 2.05) is 51.3 Å². The molecule has 316 valence electrons. The third-order valence-corrected chi connectivity index (χ3v) is 14.6. The molecule has 0 radical (unpaired) electrons. The van der Waals surface area contributed by atoms with Gasteiger partial charge in [-0.2, -0.15) is 0 Å². The lowest BCUT2D eigenvalue weighted by atomic mass is 9.88. The second kappa shape index (κ2) is 16.5. The fourth-order valence-corrected chi connectivity index (χ4v) is 9.86. The van der Waals surface area contributed by atoms with E-state index in [1.54, 1.807) is 37.5 Å². The molecule has 7 rings (SSSR count). The molecule has 4 amide bonds. The highest BCUT2D eigenvalue weighted by Gasteiger charge is 2.63. The van der Waals surface area contributed by atoms with E-state index in [0.717, 1.165) is 6.42 Å². The molecule has 2 aliphatic heterocycles. The van der Waals surface area contributed by atoms with Gasteiger partial charge in [0.1, 0.15) is 40.2 Å². The molecule has 5 heterocycles. The minimum atomic E-state index is -4.02. The number of fused-ring (bicyclic) bond motifs is 2. The highest BCUT2D eigenvalue weighted by molar-refractivity contribution is 7.91. The molecule has 0 bridgehead atoms. The van der Waals surface area contributed by atoms with Crippen molar-refractivity contribution >= 4 is 45.2 Å². The maximum atomic E-state index is 14.6. The number of allylic oxidation sites excluding steroid dienone is 1. The summed E-state index contributed by atoms with van der Waals surface area (Å²) in [5.74, 6) is -2.07. The molecule has 2 saturated carbocycles. The molecular weight excluding hydrogens is 799 g/mol. The highest BCUT2D eigenvalue weighted by Crippen LogP contribution is 2.47. The standard InChI is InChI=1S/C41H51N7O9S2/c1-23(2)56-33-11-10-26(21-43-33)30-17-28(18-31(44-30)36-42-14-15-58-36)57-29-19-32-35(49)46-41(38(51)47-59(54,55)40(5)12-13-40)20-27(41)9-7-6-8-24(3)16-25(4)34(45-39(52)53)37(50)48(32)22-29/h7,9-11,14-15,17-18,21,23-25,27,29,32,34,45H,6,8,12-13,16,19-20,22H2,1-5H3,(H,46,49)(H,47,51)(H,52,53)/b9-7-/t24-,25-,27-,29-,32+,34+,41-/m1/s1. The summed E-state index contributed by atoms with van der Waals surface area (Å²) in [6.07, 6.45) is 7.78. The number of amides is 4. The average molecular weight is 850 g/mol. The third kappa shape index (κ3) is 9.22. The summed E-state index contributed by atoms with van der Waals surface area (Å²) >= 11 is 1.39. The Kier molecular flexibility index (Phi) is 11.8. The van der Waals surface area contributed by atoms with Crippen LogP contribution in [0, 0.1) is 17.8 Å². The van der Waals surface area contributed by atoms with Crippen LogP contribution >= 0.6 is 11.3 Å². The van der Waals surface area contributed by atoms with Crippen molar-refractivity contribution in [2.24, 2.45) is 17.8 Å². The molecule has 3 aromatic rings. The molecule has 1 saturated heterocycles. The maximum Gasteiger partial charge on any atom is 0.405 e. The number of ether oxygens (including phenoxy) is 2. The van der Waals surface area contributed by atoms with Crippen molar-refractivity contribution in [3.63, 3.8) is 0 Å². The molecule has 7 atom stereocenters. The van der Waals surface area contributed by atoms with E-state index >= 15 is 0 Å². The molecule has 16 nitrogen and oxygen atoms in total. The summed E-state index contributed by atoms with van der Waals surface area (Å²) in [6.45, 7) is 9.15. The van der Waals surface area contributed by atoms with Gasteiger partial charge in [0.25, 0.3) is 5.91 Å². The van der Waals surface area contributed by atoms with Gasteiger partial charge in [-0.1, -0.05) is 26.0 Å². The van der Waals surface area contributed by atoms with Crippen LogP contribution < -0.4 is 24.8 Å². The van der Waals surface area contributed by atoms with Crippen LogP contribution in [-0.2, 0) is 24.4 Å². The van der Waals surface area contributed by atoms with Crippen molar-refractivity contribution in [1.82, 2.24) is 35.2 Å². The Morgan fingerprint density at radius 1 is 1.10 bits per heavy atom. The summed E-state index contributed by atoms with van der Waals surface area (Å²) in [4.78, 5) is 70.2. The molecule has 2 aliphatic carbocycles. The first-order valence-electron chi connectivity index (χ1n) is 20.0. The molecule has 18 heteroatoms. The Hall–Kier alpha value is -5.10. The van der Waals surface area contributed by atoms with Crippen LogP contribution in [0.1, 0.15) is 79.6 Å². The second-order valence-corrected chi connectivity index (χ2v) is 19.9. The normalized spacial score (nSPS) is 28.5. The number of carbonyl (C=O) groups excluding carboxylic acids is 3. The zero-order chi connectivity index (χ0) is 42.3. The van der Waals surface area contributed by atoms with Gasteiger partial charge in [0, 0.05) is 53.9 Å². The van der Waals surface area contributed by atoms with Crippen LogP contribution in [-0.4, -0.2) is 98.3 Å². The van der Waals surface area contributed by atoms with Crippen molar-refractivity contribution in [3.8, 4) is 33.6 Å². The van der Waals surface area contributed by atoms with Gasteiger partial charge in [0.2, 0.25) is 27.7 Å². The minimum absolute atomic E-state index is 0.0102. The van der Waals surface area contributed by atoms with Crippen molar-refractivity contribution in [2.45, 2.75) is 114 Å². The van der Waals surface area contributed by atoms with Gasteiger partial charge in [-0.05, 0) is 77.2 Å². The van der Waals surface area contributed by atoms with E-state index in [-0.39, 0.29) is 31.4 Å². The lowest BCUT2D eigenvalue weighted by Gasteiger charge is -2.32. The summed E-state index contributed by atoms with van der Waals surface area (Å²) in [6, 6.07) is 4.67. The van der Waals surface area contributed by atoms with Gasteiger partial charge in [0.15, 0.2) is 0 Å². The van der Waals surface area contributed by atoms with Crippen LogP contribution in [0.25, 0.3) is 22.0 Å². The first kappa shape index (κ1) is 42.0. The van der Waals surface area contributed by atoms with Crippen LogP contribution in [0.3, 0.4) is 0 Å². The molecule has 3 fully saturated rings. The molecule has 0 aromatic carbocycles. The monoisotopic (exact) mass is 849 g/mol. The Labute approximate surface area is 347 Å². The Morgan fingerprint density at radius 3 is 2.53 bits per heavy atom.